The summed E-state index contributed by atoms with van der Waals surface area (Å²) in [5.41, 5.74) is 6.78. The molecule has 0 fully saturated rings. The molecule has 1 N–H and O–H groups in total. The summed E-state index contributed by atoms with van der Waals surface area (Å²) in [6.45, 7) is 4.04. The van der Waals surface area contributed by atoms with Gasteiger partial charge in [0.2, 0.25) is 0 Å². The highest BCUT2D eigenvalue weighted by atomic mass is 32.1. The van der Waals surface area contributed by atoms with Gasteiger partial charge in [-0.15, -0.1) is 11.3 Å². The van der Waals surface area contributed by atoms with Crippen LogP contribution in [-0.2, 0) is 0 Å². The summed E-state index contributed by atoms with van der Waals surface area (Å²) < 4.78 is 0. The number of hydrazone groups is 1. The number of nitriles is 1. The highest BCUT2D eigenvalue weighted by Gasteiger charge is 2.14. The second-order valence-electron chi connectivity index (χ2n) is 5.81. The maximum atomic E-state index is 11.1. The van der Waals surface area contributed by atoms with Gasteiger partial charge in [0, 0.05) is 17.0 Å². The third kappa shape index (κ3) is 3.99. The van der Waals surface area contributed by atoms with Gasteiger partial charge < -0.3 is 0 Å². The number of hydrogen-bond donors (Lipinski definition) is 1. The molecule has 0 spiro atoms. The Balaban J connectivity index is 1.89. The topological polar surface area (TPSA) is 104 Å². The number of thiazole rings is 1. The lowest BCUT2D eigenvalue weighted by atomic mass is 10.0. The van der Waals surface area contributed by atoms with Crippen molar-refractivity contribution < 1.29 is 4.92 Å². The van der Waals surface area contributed by atoms with E-state index in [1.54, 1.807) is 12.1 Å². The molecule has 27 heavy (non-hydrogen) atoms. The SMILES string of the molecule is Cc1ccc(-c2csc(C(C#N)=NNc3ccccc3[N+](=O)[O-])n2)c(C)c1. The molecule has 0 radical (unpaired) electrons. The molecular formula is C19H15N5O2S. The third-order valence-electron chi connectivity index (χ3n) is 3.86. The van der Waals surface area contributed by atoms with Gasteiger partial charge >= 0.3 is 0 Å². The first kappa shape index (κ1) is 18.2. The number of nitro groups is 1. The predicted octanol–water partition coefficient (Wildman–Crippen LogP) is 4.67. The Morgan fingerprint density at radius 3 is 2.78 bits per heavy atom. The summed E-state index contributed by atoms with van der Waals surface area (Å²) in [5, 5.41) is 26.8. The van der Waals surface area contributed by atoms with Gasteiger partial charge in [-0.2, -0.15) is 10.4 Å². The molecule has 0 saturated heterocycles. The van der Waals surface area contributed by atoms with Gasteiger partial charge in [-0.05, 0) is 25.5 Å². The van der Waals surface area contributed by atoms with Crippen LogP contribution in [0.25, 0.3) is 11.3 Å². The van der Waals surface area contributed by atoms with Crippen molar-refractivity contribution in [2.24, 2.45) is 5.10 Å². The van der Waals surface area contributed by atoms with E-state index in [-0.39, 0.29) is 17.1 Å². The summed E-state index contributed by atoms with van der Waals surface area (Å²) in [5.74, 6) is 0. The lowest BCUT2D eigenvalue weighted by molar-refractivity contribution is -0.384. The molecule has 0 bridgehead atoms. The van der Waals surface area contributed by atoms with E-state index in [2.05, 4.69) is 21.6 Å². The van der Waals surface area contributed by atoms with Crippen LogP contribution in [0.4, 0.5) is 11.4 Å². The van der Waals surface area contributed by atoms with Crippen LogP contribution in [0.1, 0.15) is 16.1 Å². The van der Waals surface area contributed by atoms with Crippen molar-refractivity contribution >= 4 is 28.4 Å². The molecule has 3 rings (SSSR count). The van der Waals surface area contributed by atoms with Gasteiger partial charge in [0.05, 0.1) is 10.6 Å². The number of aryl methyl sites for hydroxylation is 2. The van der Waals surface area contributed by atoms with Crippen molar-refractivity contribution in [3.8, 4) is 17.3 Å². The van der Waals surface area contributed by atoms with Crippen molar-refractivity contribution in [1.82, 2.24) is 4.98 Å². The van der Waals surface area contributed by atoms with Gasteiger partial charge in [0.25, 0.3) is 5.69 Å². The Morgan fingerprint density at radius 1 is 1.30 bits per heavy atom. The molecule has 2 aromatic carbocycles. The number of nitrogens with one attached hydrogen (secondary N) is 1. The maximum absolute atomic E-state index is 11.1. The van der Waals surface area contributed by atoms with E-state index in [0.29, 0.717) is 5.01 Å². The van der Waals surface area contributed by atoms with Gasteiger partial charge in [-0.1, -0.05) is 35.9 Å². The smallest absolute Gasteiger partial charge is 0.270 e. The number of para-hydroxylation sites is 2. The zero-order valence-electron chi connectivity index (χ0n) is 14.6. The Bertz CT molecular complexity index is 1080. The molecular weight excluding hydrogens is 362 g/mol. The lowest BCUT2D eigenvalue weighted by Gasteiger charge is -2.03. The number of benzene rings is 2. The lowest BCUT2D eigenvalue weighted by Crippen LogP contribution is -2.03. The second-order valence-corrected chi connectivity index (χ2v) is 6.67. The van der Waals surface area contributed by atoms with Crippen molar-refractivity contribution in [3.05, 3.63) is 74.1 Å². The van der Waals surface area contributed by atoms with Gasteiger partial charge in [-0.25, -0.2) is 4.98 Å². The Hall–Kier alpha value is -3.57. The Morgan fingerprint density at radius 2 is 2.07 bits per heavy atom. The zero-order valence-corrected chi connectivity index (χ0v) is 15.4. The van der Waals surface area contributed by atoms with Crippen LogP contribution in [0.5, 0.6) is 0 Å². The third-order valence-corrected chi connectivity index (χ3v) is 4.71. The minimum atomic E-state index is -0.508. The molecule has 0 aliphatic rings. The number of rotatable bonds is 5. The molecule has 0 atom stereocenters. The highest BCUT2D eigenvalue weighted by molar-refractivity contribution is 7.12. The standard InChI is InChI=1S/C19H15N5O2S/c1-12-7-8-14(13(2)9-12)17-11-27-19(21-17)16(10-20)23-22-15-5-3-4-6-18(15)24(25)26/h3-9,11,22H,1-2H3. The fourth-order valence-electron chi connectivity index (χ4n) is 2.57. The zero-order chi connectivity index (χ0) is 19.4. The summed E-state index contributed by atoms with van der Waals surface area (Å²) in [7, 11) is 0. The fraction of sp³-hybridized carbons (Fsp3) is 0.105. The van der Waals surface area contributed by atoms with Crippen molar-refractivity contribution in [3.63, 3.8) is 0 Å². The molecule has 7 nitrogen and oxygen atoms in total. The average Bonchev–Trinajstić information content (AvgIpc) is 3.12. The van der Waals surface area contributed by atoms with Crippen LogP contribution >= 0.6 is 11.3 Å². The summed E-state index contributed by atoms with van der Waals surface area (Å²) in [6, 6.07) is 14.2. The van der Waals surface area contributed by atoms with Crippen molar-refractivity contribution in [2.75, 3.05) is 5.43 Å². The first-order valence-electron chi connectivity index (χ1n) is 8.00. The summed E-state index contributed by atoms with van der Waals surface area (Å²) >= 11 is 1.30. The van der Waals surface area contributed by atoms with Crippen LogP contribution in [0.2, 0.25) is 0 Å². The average molecular weight is 377 g/mol. The number of anilines is 1. The van der Waals surface area contributed by atoms with Crippen molar-refractivity contribution in [1.29, 1.82) is 5.26 Å². The maximum Gasteiger partial charge on any atom is 0.294 e. The molecule has 1 heterocycles. The van der Waals surface area contributed by atoms with Crippen LogP contribution in [0.15, 0.2) is 52.9 Å². The molecule has 0 unspecified atom stereocenters. The number of hydrogen-bond acceptors (Lipinski definition) is 7. The molecule has 1 aromatic heterocycles. The number of aromatic nitrogens is 1. The first-order valence-corrected chi connectivity index (χ1v) is 8.88. The molecule has 0 saturated carbocycles. The largest absolute Gasteiger partial charge is 0.294 e. The molecule has 0 amide bonds. The predicted molar refractivity (Wildman–Crippen MR) is 106 cm³/mol. The fourth-order valence-corrected chi connectivity index (χ4v) is 3.33. The van der Waals surface area contributed by atoms with E-state index in [9.17, 15) is 15.4 Å². The van der Waals surface area contributed by atoms with E-state index in [1.165, 1.54) is 29.0 Å². The highest BCUT2D eigenvalue weighted by Crippen LogP contribution is 2.27. The minimum Gasteiger partial charge on any atom is -0.270 e. The van der Waals surface area contributed by atoms with E-state index in [1.807, 2.05) is 37.4 Å². The number of nitro benzene ring substituents is 1. The van der Waals surface area contributed by atoms with Crippen LogP contribution < -0.4 is 5.43 Å². The van der Waals surface area contributed by atoms with Crippen LogP contribution in [0, 0.1) is 35.3 Å². The van der Waals surface area contributed by atoms with Crippen LogP contribution in [-0.4, -0.2) is 15.6 Å². The second kappa shape index (κ2) is 7.76. The van der Waals surface area contributed by atoms with E-state index in [4.69, 9.17) is 0 Å². The van der Waals surface area contributed by atoms with Gasteiger partial charge in [0.15, 0.2) is 10.7 Å². The molecule has 0 aliphatic carbocycles. The quantitative estimate of drug-likeness (QED) is 0.395. The minimum absolute atomic E-state index is 0.0640. The summed E-state index contributed by atoms with van der Waals surface area (Å²) in [4.78, 5) is 15.1. The Kier molecular flexibility index (Phi) is 5.24. The normalized spacial score (nSPS) is 11.1. The number of nitrogens with zero attached hydrogens (tertiary/aromatic N) is 4. The van der Waals surface area contributed by atoms with E-state index in [0.717, 1.165) is 16.8 Å². The molecule has 3 aromatic rings. The van der Waals surface area contributed by atoms with Crippen LogP contribution in [0.3, 0.4) is 0 Å². The van der Waals surface area contributed by atoms with E-state index < -0.39 is 4.92 Å². The van der Waals surface area contributed by atoms with Gasteiger partial charge in [-0.3, -0.25) is 15.5 Å². The molecule has 8 heteroatoms. The van der Waals surface area contributed by atoms with Gasteiger partial charge in [0.1, 0.15) is 11.8 Å². The molecule has 0 aliphatic heterocycles. The monoisotopic (exact) mass is 377 g/mol. The summed E-state index contributed by atoms with van der Waals surface area (Å²) in [6.07, 6.45) is 0. The molecule has 134 valence electrons. The first-order chi connectivity index (χ1) is 13.0. The Labute approximate surface area is 159 Å². The van der Waals surface area contributed by atoms with E-state index >= 15 is 0 Å². The van der Waals surface area contributed by atoms with Crippen molar-refractivity contribution in [2.45, 2.75) is 13.8 Å².